The van der Waals surface area contributed by atoms with Crippen molar-refractivity contribution >= 4 is 74.2 Å². The zero-order valence-electron chi connectivity index (χ0n) is 40.9. The number of hydrogen-bond donors (Lipinski definition) is 2. The van der Waals surface area contributed by atoms with Gasteiger partial charge in [0.1, 0.15) is 46.4 Å². The van der Waals surface area contributed by atoms with E-state index in [2.05, 4.69) is 36.7 Å². The number of carbonyl (C=O) groups is 7. The van der Waals surface area contributed by atoms with Crippen LogP contribution in [0, 0.1) is 35.0 Å². The maximum atomic E-state index is 13.7. The lowest BCUT2D eigenvalue weighted by atomic mass is 9.82. The number of carbonyl (C=O) groups excluding carboxylic acids is 7. The number of nitrogens with one attached hydrogen (secondary N) is 2. The monoisotopic (exact) mass is 1060 g/mol. The van der Waals surface area contributed by atoms with Gasteiger partial charge in [0.25, 0.3) is 0 Å². The zero-order valence-corrected chi connectivity index (χ0v) is 41.8. The normalized spacial score (nSPS) is 17.1. The highest BCUT2D eigenvalue weighted by Crippen LogP contribution is 2.41. The molecule has 0 saturated heterocycles. The molecule has 0 amide bonds. The van der Waals surface area contributed by atoms with Gasteiger partial charge in [-0.05, 0) is 136 Å². The number of anilines is 2. The van der Waals surface area contributed by atoms with Gasteiger partial charge in [-0.1, -0.05) is 31.1 Å². The average molecular weight is 1060 g/mol. The predicted molar refractivity (Wildman–Crippen MR) is 273 cm³/mol. The minimum absolute atomic E-state index is 0.135. The molecular weight excluding hydrogens is 1000 g/mol. The van der Waals surface area contributed by atoms with E-state index >= 15 is 0 Å². The van der Waals surface area contributed by atoms with Crippen molar-refractivity contribution in [3.63, 3.8) is 0 Å². The Morgan fingerprint density at radius 1 is 0.566 bits per heavy atom. The van der Waals surface area contributed by atoms with Crippen LogP contribution in [0.2, 0.25) is 0 Å². The molecule has 5 aromatic rings. The van der Waals surface area contributed by atoms with Crippen molar-refractivity contribution in [3.05, 3.63) is 128 Å². The third-order valence-corrected chi connectivity index (χ3v) is 13.1. The maximum Gasteiger partial charge on any atom is 0.333 e. The van der Waals surface area contributed by atoms with Crippen LogP contribution in [0.25, 0.3) is 10.2 Å². The SMILES string of the molecule is C=CC(=O)OCOc1ccc(OC(=O)C2CCC(C(=O)Oc3ccc(OC(=O)C4CCC(C(=O)Oc5ccc(OCC(COC(=O)C=C)OC(=O)C=C)cc5)CC4)c4nc(NNc5ccc(C#N)cc5)sc34)CC2)cc1. The fourth-order valence-corrected chi connectivity index (χ4v) is 8.90. The van der Waals surface area contributed by atoms with E-state index in [9.17, 15) is 38.8 Å². The number of nitriles is 1. The molecule has 0 radical (unpaired) electrons. The molecule has 1 aromatic heterocycles. The number of thiazole rings is 1. The Hall–Kier alpha value is -9.03. The first-order valence-electron chi connectivity index (χ1n) is 24.0. The molecule has 1 unspecified atom stereocenters. The fourth-order valence-electron chi connectivity index (χ4n) is 8.02. The van der Waals surface area contributed by atoms with Crippen molar-refractivity contribution < 1.29 is 76.2 Å². The Morgan fingerprint density at radius 3 is 1.54 bits per heavy atom. The van der Waals surface area contributed by atoms with Crippen LogP contribution in [0.4, 0.5) is 10.8 Å². The van der Waals surface area contributed by atoms with Crippen LogP contribution < -0.4 is 39.3 Å². The lowest BCUT2D eigenvalue weighted by Gasteiger charge is -2.26. The van der Waals surface area contributed by atoms with E-state index in [0.717, 1.165) is 29.6 Å². The standard InChI is InChI=1S/C55H52N4O16S/c1-4-46(60)68-31-43(71-48(62)6-3)30-67-39-19-23-41(24-20-39)72-51(63)34-9-13-36(14-10-34)53(65)74-44-27-28-45(50-49(44)57-55(76-50)59-58-38-17-7-33(29-56)8-18-38)75-54(66)37-15-11-35(12-16-37)52(64)73-42-25-21-40(22-26-42)69-32-70-47(61)5-2/h4-8,17-28,34-37,43,58H,1-3,9-16,30-32H2,(H,57,59). The first kappa shape index (κ1) is 54.7. The molecule has 394 valence electrons. The van der Waals surface area contributed by atoms with Crippen LogP contribution in [0.3, 0.4) is 0 Å². The second-order valence-corrected chi connectivity index (χ2v) is 18.3. The third kappa shape index (κ3) is 15.5. The summed E-state index contributed by atoms with van der Waals surface area (Å²) in [6.45, 7) is 9.29. The summed E-state index contributed by atoms with van der Waals surface area (Å²) < 4.78 is 49.6. The topological polar surface area (TPSA) is 263 Å². The van der Waals surface area contributed by atoms with Gasteiger partial charge in [0.2, 0.25) is 11.9 Å². The molecule has 7 rings (SSSR count). The van der Waals surface area contributed by atoms with Gasteiger partial charge in [-0.15, -0.1) is 0 Å². The molecule has 0 bridgehead atoms. The quantitative estimate of drug-likeness (QED) is 0.0155. The highest BCUT2D eigenvalue weighted by atomic mass is 32.1. The van der Waals surface area contributed by atoms with Crippen molar-refractivity contribution in [2.75, 3.05) is 30.9 Å². The summed E-state index contributed by atoms with van der Waals surface area (Å²) in [5, 5.41) is 9.55. The number of aromatic nitrogens is 1. The number of hydrazine groups is 1. The van der Waals surface area contributed by atoms with E-state index < -0.39 is 71.6 Å². The minimum atomic E-state index is -0.928. The number of fused-ring (bicyclic) bond motifs is 1. The maximum absolute atomic E-state index is 13.7. The molecule has 2 N–H and O–H groups in total. The van der Waals surface area contributed by atoms with Gasteiger partial charge in [0, 0.05) is 18.2 Å². The van der Waals surface area contributed by atoms with Crippen molar-refractivity contribution in [2.45, 2.75) is 57.5 Å². The highest BCUT2D eigenvalue weighted by Gasteiger charge is 2.35. The molecule has 4 aromatic carbocycles. The molecule has 0 aliphatic heterocycles. The molecule has 1 heterocycles. The summed E-state index contributed by atoms with van der Waals surface area (Å²) in [6, 6.07) is 24.3. The molecule has 21 heteroatoms. The lowest BCUT2D eigenvalue weighted by Crippen LogP contribution is -2.30. The summed E-state index contributed by atoms with van der Waals surface area (Å²) in [5.74, 6) is -4.24. The van der Waals surface area contributed by atoms with Crippen molar-refractivity contribution in [1.82, 2.24) is 4.98 Å². The Kier molecular flexibility index (Phi) is 19.3. The van der Waals surface area contributed by atoms with E-state index in [1.54, 1.807) is 66.7 Å². The minimum Gasteiger partial charge on any atom is -0.490 e. The molecule has 2 aliphatic rings. The highest BCUT2D eigenvalue weighted by molar-refractivity contribution is 7.22. The van der Waals surface area contributed by atoms with Gasteiger partial charge in [-0.3, -0.25) is 30.0 Å². The van der Waals surface area contributed by atoms with E-state index in [1.807, 2.05) is 0 Å². The zero-order chi connectivity index (χ0) is 54.0. The Morgan fingerprint density at radius 2 is 1.03 bits per heavy atom. The molecule has 2 fully saturated rings. The molecule has 20 nitrogen and oxygen atoms in total. The van der Waals surface area contributed by atoms with E-state index in [1.165, 1.54) is 18.2 Å². The van der Waals surface area contributed by atoms with E-state index in [4.69, 9.17) is 47.6 Å². The van der Waals surface area contributed by atoms with E-state index in [0.29, 0.717) is 89.7 Å². The van der Waals surface area contributed by atoms with Gasteiger partial charge in [0.05, 0.1) is 41.0 Å². The summed E-state index contributed by atoms with van der Waals surface area (Å²) in [6.07, 6.45) is 5.00. The summed E-state index contributed by atoms with van der Waals surface area (Å²) in [7, 11) is 0. The van der Waals surface area contributed by atoms with Gasteiger partial charge >= 0.3 is 41.8 Å². The molecule has 2 saturated carbocycles. The number of benzene rings is 4. The molecular formula is C55H52N4O16S. The summed E-state index contributed by atoms with van der Waals surface area (Å²) >= 11 is 1.15. The van der Waals surface area contributed by atoms with Gasteiger partial charge in [0.15, 0.2) is 17.6 Å². The number of hydrogen-bond acceptors (Lipinski definition) is 21. The Balaban J connectivity index is 0.925. The van der Waals surface area contributed by atoms with Crippen LogP contribution in [0.1, 0.15) is 56.9 Å². The van der Waals surface area contributed by atoms with Gasteiger partial charge in [-0.2, -0.15) is 5.26 Å². The van der Waals surface area contributed by atoms with Gasteiger partial charge < -0.3 is 42.6 Å². The fraction of sp³-hybridized carbons (Fsp3) is 0.291. The number of nitrogens with zero attached hydrogens (tertiary/aromatic N) is 2. The van der Waals surface area contributed by atoms with Crippen LogP contribution in [0.5, 0.6) is 34.5 Å². The first-order chi connectivity index (χ1) is 36.8. The van der Waals surface area contributed by atoms with Crippen LogP contribution in [-0.4, -0.2) is 72.9 Å². The first-order valence-corrected chi connectivity index (χ1v) is 24.8. The van der Waals surface area contributed by atoms with Gasteiger partial charge in [-0.25, -0.2) is 19.4 Å². The van der Waals surface area contributed by atoms with Crippen molar-refractivity contribution in [2.24, 2.45) is 23.7 Å². The summed E-state index contributed by atoms with van der Waals surface area (Å²) in [4.78, 5) is 92.9. The Labute approximate surface area is 440 Å². The van der Waals surface area contributed by atoms with Crippen LogP contribution in [-0.2, 0) is 47.8 Å². The Bertz CT molecular complexity index is 2970. The third-order valence-electron chi connectivity index (χ3n) is 12.1. The largest absolute Gasteiger partial charge is 0.490 e. The second-order valence-electron chi connectivity index (χ2n) is 17.3. The van der Waals surface area contributed by atoms with Crippen molar-refractivity contribution in [1.29, 1.82) is 5.26 Å². The molecule has 76 heavy (non-hydrogen) atoms. The summed E-state index contributed by atoms with van der Waals surface area (Å²) in [5.41, 5.74) is 7.43. The molecule has 1 atom stereocenters. The molecule has 2 aliphatic carbocycles. The number of ether oxygens (including phenoxy) is 9. The van der Waals surface area contributed by atoms with E-state index in [-0.39, 0.29) is 42.8 Å². The average Bonchev–Trinajstić information content (AvgIpc) is 3.89. The predicted octanol–water partition coefficient (Wildman–Crippen LogP) is 8.51. The van der Waals surface area contributed by atoms with Crippen LogP contribution >= 0.6 is 11.3 Å². The lowest BCUT2D eigenvalue weighted by molar-refractivity contribution is -0.154. The van der Waals surface area contributed by atoms with Crippen LogP contribution in [0.15, 0.2) is 123 Å². The number of esters is 7. The molecule has 0 spiro atoms. The second kappa shape index (κ2) is 26.8. The van der Waals surface area contributed by atoms with Crippen molar-refractivity contribution in [3.8, 4) is 40.6 Å². The smallest absolute Gasteiger partial charge is 0.333 e. The number of rotatable bonds is 23.